The first-order valence-corrected chi connectivity index (χ1v) is 7.34. The molecular weight excluding hydrogens is 268 g/mol. The molecule has 0 fully saturated rings. The van der Waals surface area contributed by atoms with Crippen LogP contribution in [0.4, 0.5) is 5.82 Å². The molecule has 0 bridgehead atoms. The standard InChI is InChI=1S/C11H18N4O3S/c1-3-15(4-2)19(17,18)9-5-6-11(13-7-9)14-8-10(12)16/h5-7H,3-4,8H2,1-2H3,(H2,12,16)(H,13,14). The molecule has 0 aliphatic rings. The third-order valence-corrected chi connectivity index (χ3v) is 4.56. The van der Waals surface area contributed by atoms with Crippen LogP contribution in [0.1, 0.15) is 13.8 Å². The lowest BCUT2D eigenvalue weighted by Gasteiger charge is -2.18. The fourth-order valence-corrected chi connectivity index (χ4v) is 2.93. The molecule has 1 amide bonds. The van der Waals surface area contributed by atoms with E-state index in [9.17, 15) is 13.2 Å². The van der Waals surface area contributed by atoms with Crippen molar-refractivity contribution in [2.75, 3.05) is 25.0 Å². The van der Waals surface area contributed by atoms with Gasteiger partial charge < -0.3 is 11.1 Å². The second-order valence-electron chi connectivity index (χ2n) is 3.79. The molecule has 1 heterocycles. The van der Waals surface area contributed by atoms with E-state index in [2.05, 4.69) is 10.3 Å². The van der Waals surface area contributed by atoms with Crippen molar-refractivity contribution < 1.29 is 13.2 Å². The molecule has 1 aromatic heterocycles. The highest BCUT2D eigenvalue weighted by Crippen LogP contribution is 2.15. The molecule has 0 aliphatic carbocycles. The minimum Gasteiger partial charge on any atom is -0.368 e. The van der Waals surface area contributed by atoms with Crippen molar-refractivity contribution in [3.05, 3.63) is 18.3 Å². The van der Waals surface area contributed by atoms with Crippen LogP contribution >= 0.6 is 0 Å². The Balaban J connectivity index is 2.89. The van der Waals surface area contributed by atoms with E-state index in [1.54, 1.807) is 13.8 Å². The van der Waals surface area contributed by atoms with E-state index in [-0.39, 0.29) is 11.4 Å². The maximum atomic E-state index is 12.2. The Hall–Kier alpha value is -1.67. The van der Waals surface area contributed by atoms with Crippen LogP contribution in [0.5, 0.6) is 0 Å². The van der Waals surface area contributed by atoms with E-state index in [1.807, 2.05) is 0 Å². The second kappa shape index (κ2) is 6.48. The van der Waals surface area contributed by atoms with E-state index in [1.165, 1.54) is 22.6 Å². The summed E-state index contributed by atoms with van der Waals surface area (Å²) >= 11 is 0. The number of carbonyl (C=O) groups excluding carboxylic acids is 1. The number of nitrogens with one attached hydrogen (secondary N) is 1. The maximum Gasteiger partial charge on any atom is 0.244 e. The molecule has 0 saturated carbocycles. The summed E-state index contributed by atoms with van der Waals surface area (Å²) in [6.45, 7) is 4.31. The lowest BCUT2D eigenvalue weighted by atomic mass is 10.4. The molecule has 0 unspecified atom stereocenters. The maximum absolute atomic E-state index is 12.2. The molecule has 8 heteroatoms. The molecule has 7 nitrogen and oxygen atoms in total. The van der Waals surface area contributed by atoms with E-state index in [0.717, 1.165) is 0 Å². The van der Waals surface area contributed by atoms with E-state index in [4.69, 9.17) is 5.73 Å². The minimum absolute atomic E-state index is 0.0465. The fraction of sp³-hybridized carbons (Fsp3) is 0.455. The summed E-state index contributed by atoms with van der Waals surface area (Å²) < 4.78 is 25.7. The van der Waals surface area contributed by atoms with Gasteiger partial charge in [-0.1, -0.05) is 13.8 Å². The number of rotatable bonds is 7. The second-order valence-corrected chi connectivity index (χ2v) is 5.73. The largest absolute Gasteiger partial charge is 0.368 e. The molecule has 19 heavy (non-hydrogen) atoms. The van der Waals surface area contributed by atoms with Crippen molar-refractivity contribution in [2.45, 2.75) is 18.7 Å². The van der Waals surface area contributed by atoms with Gasteiger partial charge in [0, 0.05) is 19.3 Å². The summed E-state index contributed by atoms with van der Waals surface area (Å²) in [4.78, 5) is 14.7. The number of pyridine rings is 1. The fourth-order valence-electron chi connectivity index (χ4n) is 1.53. The van der Waals surface area contributed by atoms with Gasteiger partial charge in [0.2, 0.25) is 15.9 Å². The number of primary amides is 1. The molecule has 0 spiro atoms. The van der Waals surface area contributed by atoms with Gasteiger partial charge in [-0.25, -0.2) is 13.4 Å². The SMILES string of the molecule is CCN(CC)S(=O)(=O)c1ccc(NCC(N)=O)nc1. The van der Waals surface area contributed by atoms with Crippen LogP contribution in [-0.4, -0.2) is 43.2 Å². The molecule has 3 N–H and O–H groups in total. The van der Waals surface area contributed by atoms with Gasteiger partial charge in [0.15, 0.2) is 0 Å². The normalized spacial score (nSPS) is 11.5. The highest BCUT2D eigenvalue weighted by molar-refractivity contribution is 7.89. The number of sulfonamides is 1. The summed E-state index contributed by atoms with van der Waals surface area (Å²) in [5, 5.41) is 2.69. The van der Waals surface area contributed by atoms with Gasteiger partial charge in [-0.2, -0.15) is 4.31 Å². The molecule has 0 radical (unpaired) electrons. The van der Waals surface area contributed by atoms with Crippen LogP contribution in [-0.2, 0) is 14.8 Å². The van der Waals surface area contributed by atoms with Crippen LogP contribution in [0.15, 0.2) is 23.2 Å². The number of anilines is 1. The van der Waals surface area contributed by atoms with Crippen LogP contribution in [0, 0.1) is 0 Å². The summed E-state index contributed by atoms with van der Waals surface area (Å²) in [5.41, 5.74) is 4.98. The van der Waals surface area contributed by atoms with Crippen molar-refractivity contribution in [3.63, 3.8) is 0 Å². The molecular formula is C11H18N4O3S. The summed E-state index contributed by atoms with van der Waals surface area (Å²) in [5.74, 6) is -0.112. The number of aromatic nitrogens is 1. The highest BCUT2D eigenvalue weighted by atomic mass is 32.2. The van der Waals surface area contributed by atoms with E-state index < -0.39 is 15.9 Å². The zero-order chi connectivity index (χ0) is 14.5. The number of carbonyl (C=O) groups is 1. The molecule has 0 aromatic carbocycles. The van der Waals surface area contributed by atoms with Crippen molar-refractivity contribution in [2.24, 2.45) is 5.73 Å². The summed E-state index contributed by atoms with van der Waals surface area (Å²) in [7, 11) is -3.50. The molecule has 1 aromatic rings. The Morgan fingerprint density at radius 1 is 1.37 bits per heavy atom. The van der Waals surface area contributed by atoms with Crippen LogP contribution in [0.3, 0.4) is 0 Å². The Kier molecular flexibility index (Phi) is 5.25. The topological polar surface area (TPSA) is 105 Å². The van der Waals surface area contributed by atoms with Gasteiger partial charge in [0.25, 0.3) is 0 Å². The molecule has 0 aliphatic heterocycles. The Bertz CT molecular complexity index is 523. The van der Waals surface area contributed by atoms with Gasteiger partial charge in [0.1, 0.15) is 10.7 Å². The van der Waals surface area contributed by atoms with Gasteiger partial charge in [-0.3, -0.25) is 4.79 Å². The molecule has 1 rings (SSSR count). The van der Waals surface area contributed by atoms with Gasteiger partial charge in [-0.15, -0.1) is 0 Å². The summed E-state index contributed by atoms with van der Waals surface area (Å²) in [6, 6.07) is 2.95. The van der Waals surface area contributed by atoms with Crippen molar-refractivity contribution >= 4 is 21.7 Å². The zero-order valence-corrected chi connectivity index (χ0v) is 11.8. The molecule has 0 atom stereocenters. The number of nitrogens with zero attached hydrogens (tertiary/aromatic N) is 2. The predicted molar refractivity (Wildman–Crippen MR) is 72.0 cm³/mol. The lowest BCUT2D eigenvalue weighted by Crippen LogP contribution is -2.30. The lowest BCUT2D eigenvalue weighted by molar-refractivity contribution is -0.116. The minimum atomic E-state index is -3.50. The van der Waals surface area contributed by atoms with Crippen LogP contribution in [0.25, 0.3) is 0 Å². The first kappa shape index (κ1) is 15.4. The van der Waals surface area contributed by atoms with E-state index >= 15 is 0 Å². The monoisotopic (exact) mass is 286 g/mol. The Morgan fingerprint density at radius 3 is 2.42 bits per heavy atom. The van der Waals surface area contributed by atoms with Gasteiger partial charge in [0.05, 0.1) is 6.54 Å². The third kappa shape index (κ3) is 3.90. The quantitative estimate of drug-likeness (QED) is 0.734. The average molecular weight is 286 g/mol. The van der Waals surface area contributed by atoms with E-state index in [0.29, 0.717) is 18.9 Å². The first-order valence-electron chi connectivity index (χ1n) is 5.90. The van der Waals surface area contributed by atoms with Crippen molar-refractivity contribution in [3.8, 4) is 0 Å². The number of amides is 1. The Morgan fingerprint density at radius 2 is 2.00 bits per heavy atom. The van der Waals surface area contributed by atoms with Gasteiger partial charge >= 0.3 is 0 Å². The Labute approximate surface area is 112 Å². The predicted octanol–water partition coefficient (Wildman–Crippen LogP) is 0.00930. The average Bonchev–Trinajstić information content (AvgIpc) is 2.38. The van der Waals surface area contributed by atoms with Crippen LogP contribution < -0.4 is 11.1 Å². The highest BCUT2D eigenvalue weighted by Gasteiger charge is 2.21. The molecule has 0 saturated heterocycles. The van der Waals surface area contributed by atoms with Crippen molar-refractivity contribution in [1.29, 1.82) is 0 Å². The number of hydrogen-bond acceptors (Lipinski definition) is 5. The zero-order valence-electron chi connectivity index (χ0n) is 11.0. The number of nitrogens with two attached hydrogens (primary N) is 1. The van der Waals surface area contributed by atoms with Crippen molar-refractivity contribution in [1.82, 2.24) is 9.29 Å². The number of hydrogen-bond donors (Lipinski definition) is 2. The summed E-state index contributed by atoms with van der Waals surface area (Å²) in [6.07, 6.45) is 1.26. The smallest absolute Gasteiger partial charge is 0.244 e. The first-order chi connectivity index (χ1) is 8.91. The van der Waals surface area contributed by atoms with Gasteiger partial charge in [-0.05, 0) is 12.1 Å². The van der Waals surface area contributed by atoms with Crippen LogP contribution in [0.2, 0.25) is 0 Å². The molecule has 106 valence electrons. The third-order valence-electron chi connectivity index (χ3n) is 2.52.